The van der Waals surface area contributed by atoms with Gasteiger partial charge in [-0.2, -0.15) is 13.2 Å². The third-order valence-corrected chi connectivity index (χ3v) is 5.08. The Kier molecular flexibility index (Phi) is 4.13. The number of rotatable bonds is 2. The first-order chi connectivity index (χ1) is 12.4. The van der Waals surface area contributed by atoms with E-state index in [9.17, 15) is 13.2 Å². The summed E-state index contributed by atoms with van der Waals surface area (Å²) in [6.45, 7) is 0. The van der Waals surface area contributed by atoms with Gasteiger partial charge in [-0.1, -0.05) is 23.7 Å². The SMILES string of the molecule is FC(F)(F)c1cc(-c2csc3ncnc(-c4ccccn4)c23)ccc1Cl. The van der Waals surface area contributed by atoms with Crippen LogP contribution in [0.15, 0.2) is 54.3 Å². The van der Waals surface area contributed by atoms with E-state index in [1.807, 2.05) is 6.07 Å². The van der Waals surface area contributed by atoms with E-state index in [0.29, 0.717) is 32.7 Å². The molecule has 8 heteroatoms. The number of pyridine rings is 1. The van der Waals surface area contributed by atoms with Crippen molar-refractivity contribution in [3.63, 3.8) is 0 Å². The number of aromatic nitrogens is 3. The number of hydrogen-bond acceptors (Lipinski definition) is 4. The molecule has 0 saturated carbocycles. The molecule has 0 N–H and O–H groups in total. The molecule has 3 heterocycles. The third-order valence-electron chi connectivity index (χ3n) is 3.86. The number of hydrogen-bond donors (Lipinski definition) is 0. The maximum absolute atomic E-state index is 13.2. The standard InChI is InChI=1S/C18H9ClF3N3S/c19-13-5-4-10(7-12(13)18(20,21)22)11-8-26-17-15(11)16(24-9-25-17)14-3-1-2-6-23-14/h1-9H. The summed E-state index contributed by atoms with van der Waals surface area (Å²) in [5.41, 5.74) is 1.36. The van der Waals surface area contributed by atoms with E-state index in [4.69, 9.17) is 11.6 Å². The predicted octanol–water partition coefficient (Wildman–Crippen LogP) is 6.09. The quantitative estimate of drug-likeness (QED) is 0.415. The summed E-state index contributed by atoms with van der Waals surface area (Å²) in [7, 11) is 0. The molecule has 0 fully saturated rings. The average Bonchev–Trinajstić information content (AvgIpc) is 3.06. The summed E-state index contributed by atoms with van der Waals surface area (Å²) in [6, 6.07) is 9.28. The molecule has 0 aliphatic carbocycles. The summed E-state index contributed by atoms with van der Waals surface area (Å²) >= 11 is 7.08. The maximum Gasteiger partial charge on any atom is 0.417 e. The Labute approximate surface area is 155 Å². The van der Waals surface area contributed by atoms with E-state index < -0.39 is 11.7 Å². The van der Waals surface area contributed by atoms with Crippen molar-refractivity contribution in [3.8, 4) is 22.5 Å². The van der Waals surface area contributed by atoms with Gasteiger partial charge in [-0.05, 0) is 29.8 Å². The molecular formula is C18H9ClF3N3S. The number of halogens is 4. The lowest BCUT2D eigenvalue weighted by molar-refractivity contribution is -0.137. The van der Waals surface area contributed by atoms with Gasteiger partial charge in [0.05, 0.1) is 16.3 Å². The van der Waals surface area contributed by atoms with Crippen molar-refractivity contribution in [1.82, 2.24) is 15.0 Å². The van der Waals surface area contributed by atoms with Crippen molar-refractivity contribution in [3.05, 3.63) is 64.9 Å². The summed E-state index contributed by atoms with van der Waals surface area (Å²) in [5.74, 6) is 0. The topological polar surface area (TPSA) is 38.7 Å². The molecule has 0 bridgehead atoms. The molecule has 0 atom stereocenters. The smallest absolute Gasteiger partial charge is 0.255 e. The molecule has 0 aliphatic rings. The first-order valence-corrected chi connectivity index (χ1v) is 8.71. The summed E-state index contributed by atoms with van der Waals surface area (Å²) in [5, 5.41) is 2.11. The lowest BCUT2D eigenvalue weighted by Crippen LogP contribution is -2.05. The number of nitrogens with zero attached hydrogens (tertiary/aromatic N) is 3. The van der Waals surface area contributed by atoms with Crippen LogP contribution in [0.4, 0.5) is 13.2 Å². The summed E-state index contributed by atoms with van der Waals surface area (Å²) in [4.78, 5) is 13.5. The minimum atomic E-state index is -4.53. The number of thiophene rings is 1. The van der Waals surface area contributed by atoms with Crippen LogP contribution in [0, 0.1) is 0 Å². The lowest BCUT2D eigenvalue weighted by atomic mass is 10.0. The Morgan fingerprint density at radius 2 is 1.85 bits per heavy atom. The second-order valence-electron chi connectivity index (χ2n) is 5.46. The van der Waals surface area contributed by atoms with Gasteiger partial charge >= 0.3 is 6.18 Å². The van der Waals surface area contributed by atoms with Crippen molar-refractivity contribution in [2.24, 2.45) is 0 Å². The van der Waals surface area contributed by atoms with Gasteiger partial charge in [-0.25, -0.2) is 9.97 Å². The van der Waals surface area contributed by atoms with Crippen molar-refractivity contribution in [2.75, 3.05) is 0 Å². The van der Waals surface area contributed by atoms with Crippen LogP contribution >= 0.6 is 22.9 Å². The minimum absolute atomic E-state index is 0.331. The maximum atomic E-state index is 13.2. The molecule has 3 aromatic heterocycles. The van der Waals surface area contributed by atoms with Gasteiger partial charge in [0.2, 0.25) is 0 Å². The van der Waals surface area contributed by atoms with E-state index in [1.54, 1.807) is 29.8 Å². The fourth-order valence-electron chi connectivity index (χ4n) is 2.69. The molecular weight excluding hydrogens is 383 g/mol. The third kappa shape index (κ3) is 2.93. The zero-order chi connectivity index (χ0) is 18.3. The number of benzene rings is 1. The Balaban J connectivity index is 1.97. The fourth-order valence-corrected chi connectivity index (χ4v) is 3.84. The van der Waals surface area contributed by atoms with Gasteiger partial charge in [0.25, 0.3) is 0 Å². The molecule has 4 rings (SSSR count). The number of fused-ring (bicyclic) bond motifs is 1. The summed E-state index contributed by atoms with van der Waals surface area (Å²) < 4.78 is 39.6. The second-order valence-corrected chi connectivity index (χ2v) is 6.72. The first-order valence-electron chi connectivity index (χ1n) is 7.46. The van der Waals surface area contributed by atoms with Crippen LogP contribution in [-0.2, 0) is 6.18 Å². The van der Waals surface area contributed by atoms with Crippen LogP contribution in [-0.4, -0.2) is 15.0 Å². The molecule has 4 aromatic rings. The van der Waals surface area contributed by atoms with Crippen molar-refractivity contribution >= 4 is 33.2 Å². The zero-order valence-electron chi connectivity index (χ0n) is 13.0. The van der Waals surface area contributed by atoms with Gasteiger partial charge in [-0.3, -0.25) is 4.98 Å². The van der Waals surface area contributed by atoms with Gasteiger partial charge in [0, 0.05) is 22.5 Å². The molecule has 0 spiro atoms. The minimum Gasteiger partial charge on any atom is -0.255 e. The highest BCUT2D eigenvalue weighted by Crippen LogP contribution is 2.41. The highest BCUT2D eigenvalue weighted by molar-refractivity contribution is 7.17. The van der Waals surface area contributed by atoms with Gasteiger partial charge in [0.15, 0.2) is 0 Å². The summed E-state index contributed by atoms with van der Waals surface area (Å²) in [6.07, 6.45) is -1.46. The van der Waals surface area contributed by atoms with Crippen LogP contribution in [0.2, 0.25) is 5.02 Å². The Hall–Kier alpha value is -2.51. The lowest BCUT2D eigenvalue weighted by Gasteiger charge is -2.11. The van der Waals surface area contributed by atoms with Crippen molar-refractivity contribution < 1.29 is 13.2 Å². The Morgan fingerprint density at radius 1 is 1.00 bits per heavy atom. The zero-order valence-corrected chi connectivity index (χ0v) is 14.5. The van der Waals surface area contributed by atoms with E-state index in [1.165, 1.54) is 23.7 Å². The van der Waals surface area contributed by atoms with Crippen LogP contribution in [0.25, 0.3) is 32.7 Å². The van der Waals surface area contributed by atoms with Gasteiger partial charge < -0.3 is 0 Å². The molecule has 1 aromatic carbocycles. The van der Waals surface area contributed by atoms with Crippen LogP contribution in [0.3, 0.4) is 0 Å². The highest BCUT2D eigenvalue weighted by atomic mass is 35.5. The van der Waals surface area contributed by atoms with Gasteiger partial charge in [0.1, 0.15) is 16.9 Å². The Bertz CT molecular complexity index is 1090. The van der Waals surface area contributed by atoms with Crippen LogP contribution in [0.1, 0.15) is 5.56 Å². The molecule has 130 valence electrons. The van der Waals surface area contributed by atoms with E-state index in [2.05, 4.69) is 15.0 Å². The molecule has 26 heavy (non-hydrogen) atoms. The molecule has 3 nitrogen and oxygen atoms in total. The molecule has 0 unspecified atom stereocenters. The first kappa shape index (κ1) is 16.9. The van der Waals surface area contributed by atoms with Gasteiger partial charge in [-0.15, -0.1) is 11.3 Å². The fraction of sp³-hybridized carbons (Fsp3) is 0.0556. The predicted molar refractivity (Wildman–Crippen MR) is 96.1 cm³/mol. The largest absolute Gasteiger partial charge is 0.417 e. The van der Waals surface area contributed by atoms with Crippen LogP contribution in [0.5, 0.6) is 0 Å². The Morgan fingerprint density at radius 3 is 2.58 bits per heavy atom. The van der Waals surface area contributed by atoms with Crippen molar-refractivity contribution in [1.29, 1.82) is 0 Å². The van der Waals surface area contributed by atoms with E-state index in [-0.39, 0.29) is 5.02 Å². The monoisotopic (exact) mass is 391 g/mol. The van der Waals surface area contributed by atoms with Crippen molar-refractivity contribution in [2.45, 2.75) is 6.18 Å². The highest BCUT2D eigenvalue weighted by Gasteiger charge is 2.33. The number of alkyl halides is 3. The second kappa shape index (κ2) is 6.34. The normalized spacial score (nSPS) is 11.8. The average molecular weight is 392 g/mol. The van der Waals surface area contributed by atoms with Crippen LogP contribution < -0.4 is 0 Å². The molecule has 0 saturated heterocycles. The molecule has 0 aliphatic heterocycles. The molecule has 0 radical (unpaired) electrons. The van der Waals surface area contributed by atoms with E-state index in [0.717, 1.165) is 6.07 Å². The van der Waals surface area contributed by atoms with E-state index >= 15 is 0 Å². The molecule has 0 amide bonds.